The Kier molecular flexibility index (Phi) is 7.70. The van der Waals surface area contributed by atoms with Crippen LogP contribution in [0.3, 0.4) is 0 Å². The molecule has 0 unspecified atom stereocenters. The highest BCUT2D eigenvalue weighted by molar-refractivity contribution is 7.15. The van der Waals surface area contributed by atoms with Crippen LogP contribution in [0, 0.1) is 12.8 Å². The van der Waals surface area contributed by atoms with Gasteiger partial charge in [-0.1, -0.05) is 38.0 Å². The first-order valence-corrected chi connectivity index (χ1v) is 15.2. The van der Waals surface area contributed by atoms with Gasteiger partial charge in [0.1, 0.15) is 0 Å². The number of hydrogen-bond acceptors (Lipinski definition) is 5. The molecule has 6 rings (SSSR count). The van der Waals surface area contributed by atoms with E-state index >= 15 is 0 Å². The van der Waals surface area contributed by atoms with Crippen molar-refractivity contribution in [3.05, 3.63) is 95.6 Å². The number of aromatic amines is 2. The summed E-state index contributed by atoms with van der Waals surface area (Å²) < 4.78 is 0. The molecule has 41 heavy (non-hydrogen) atoms. The SMILES string of the molecule is C=C/C(=C\C(=C/C)c1cnc2n[nH]c(-c3cc4c(-c5ccc(C)s5)cncc4[nH]3)c2c1)N/C(=C\C)C1CCCCC1. The highest BCUT2D eigenvalue weighted by Crippen LogP contribution is 2.36. The van der Waals surface area contributed by atoms with Crippen LogP contribution in [-0.4, -0.2) is 25.1 Å². The lowest BCUT2D eigenvalue weighted by atomic mass is 9.86. The summed E-state index contributed by atoms with van der Waals surface area (Å²) in [6, 6.07) is 8.66. The first kappa shape index (κ1) is 27.0. The van der Waals surface area contributed by atoms with Gasteiger partial charge in [0.2, 0.25) is 0 Å². The predicted octanol–water partition coefficient (Wildman–Crippen LogP) is 9.09. The Morgan fingerprint density at radius 2 is 1.90 bits per heavy atom. The van der Waals surface area contributed by atoms with E-state index < -0.39 is 0 Å². The zero-order chi connectivity index (χ0) is 28.3. The molecule has 0 saturated heterocycles. The molecule has 3 N–H and O–H groups in total. The highest BCUT2D eigenvalue weighted by atomic mass is 32.1. The van der Waals surface area contributed by atoms with Gasteiger partial charge in [0.05, 0.1) is 23.1 Å². The third-order valence-electron chi connectivity index (χ3n) is 8.05. The quantitative estimate of drug-likeness (QED) is 0.165. The second-order valence-electron chi connectivity index (χ2n) is 10.7. The zero-order valence-electron chi connectivity index (χ0n) is 23.9. The maximum absolute atomic E-state index is 4.71. The van der Waals surface area contributed by atoms with E-state index in [0.29, 0.717) is 11.6 Å². The fraction of sp³-hybridized carbons (Fsp3) is 0.265. The molecule has 5 aromatic heterocycles. The molecule has 1 aliphatic rings. The Labute approximate surface area is 245 Å². The Bertz CT molecular complexity index is 1810. The number of fused-ring (bicyclic) bond motifs is 2. The molecule has 1 aliphatic carbocycles. The minimum Gasteiger partial charge on any atom is -0.359 e. The molecule has 208 valence electrons. The molecular weight excluding hydrogens is 524 g/mol. The minimum atomic E-state index is 0.591. The van der Waals surface area contributed by atoms with Crippen molar-refractivity contribution in [2.24, 2.45) is 5.92 Å². The number of H-pyrrole nitrogens is 2. The highest BCUT2D eigenvalue weighted by Gasteiger charge is 2.18. The number of rotatable bonds is 8. The number of aromatic nitrogens is 5. The van der Waals surface area contributed by atoms with Gasteiger partial charge in [0.25, 0.3) is 0 Å². The van der Waals surface area contributed by atoms with Gasteiger partial charge in [0.15, 0.2) is 5.65 Å². The first-order chi connectivity index (χ1) is 20.1. The van der Waals surface area contributed by atoms with E-state index in [1.54, 1.807) is 11.3 Å². The topological polar surface area (TPSA) is 82.3 Å². The molecule has 0 spiro atoms. The Balaban J connectivity index is 1.34. The summed E-state index contributed by atoms with van der Waals surface area (Å²) in [5, 5.41) is 13.5. The predicted molar refractivity (Wildman–Crippen MR) is 172 cm³/mol. The lowest BCUT2D eigenvalue weighted by Crippen LogP contribution is -2.21. The maximum Gasteiger partial charge on any atom is 0.181 e. The van der Waals surface area contributed by atoms with Crippen LogP contribution in [0.1, 0.15) is 56.4 Å². The van der Waals surface area contributed by atoms with Crippen LogP contribution in [-0.2, 0) is 0 Å². The Morgan fingerprint density at radius 3 is 2.63 bits per heavy atom. The van der Waals surface area contributed by atoms with Gasteiger partial charge in [0, 0.05) is 55.4 Å². The van der Waals surface area contributed by atoms with Crippen molar-refractivity contribution in [1.29, 1.82) is 0 Å². The molecule has 1 fully saturated rings. The molecule has 0 radical (unpaired) electrons. The van der Waals surface area contributed by atoms with Gasteiger partial charge in [-0.2, -0.15) is 5.10 Å². The van der Waals surface area contributed by atoms with E-state index in [4.69, 9.17) is 4.98 Å². The van der Waals surface area contributed by atoms with E-state index in [9.17, 15) is 0 Å². The molecule has 5 heterocycles. The van der Waals surface area contributed by atoms with Crippen molar-refractivity contribution in [1.82, 2.24) is 30.5 Å². The van der Waals surface area contributed by atoms with Crippen LogP contribution in [0.25, 0.3) is 49.3 Å². The third-order valence-corrected chi connectivity index (χ3v) is 9.08. The maximum atomic E-state index is 4.71. The standard InChI is InChI=1S/C34H36N6S/c1-5-22(15-25(6-2)37-29(7-3)23-11-9-8-10-12-23)24-16-27-33(39-40-34(27)36-18-24)30-17-26-28(19-35-20-31(26)38-30)32-14-13-21(4)41-32/h5-7,13-20,23,37-38H,2,8-12H2,1,3-4H3,(H,36,39,40)/b22-5+,25-15+,29-7-. The Hall–Kier alpha value is -4.23. The molecule has 0 bridgehead atoms. The smallest absolute Gasteiger partial charge is 0.181 e. The van der Waals surface area contributed by atoms with Crippen LogP contribution in [0.2, 0.25) is 0 Å². The summed E-state index contributed by atoms with van der Waals surface area (Å²) in [5.41, 5.74) is 9.06. The molecule has 5 aromatic rings. The zero-order valence-corrected chi connectivity index (χ0v) is 24.7. The van der Waals surface area contributed by atoms with Crippen molar-refractivity contribution in [3.63, 3.8) is 0 Å². The normalized spacial score (nSPS) is 15.6. The number of allylic oxidation sites excluding steroid dienone is 6. The second kappa shape index (κ2) is 11.7. The van der Waals surface area contributed by atoms with Crippen molar-refractivity contribution < 1.29 is 0 Å². The van der Waals surface area contributed by atoms with E-state index in [-0.39, 0.29) is 0 Å². The van der Waals surface area contributed by atoms with E-state index in [1.165, 1.54) is 47.6 Å². The molecule has 0 amide bonds. The van der Waals surface area contributed by atoms with E-state index in [0.717, 1.165) is 50.1 Å². The van der Waals surface area contributed by atoms with Crippen LogP contribution in [0.15, 0.2) is 85.1 Å². The monoisotopic (exact) mass is 560 g/mol. The van der Waals surface area contributed by atoms with Gasteiger partial charge < -0.3 is 10.3 Å². The molecule has 6 nitrogen and oxygen atoms in total. The molecule has 0 atom stereocenters. The van der Waals surface area contributed by atoms with Gasteiger partial charge in [-0.15, -0.1) is 11.3 Å². The molecule has 0 aromatic carbocycles. The average Bonchev–Trinajstić information content (AvgIpc) is 3.75. The number of thiophene rings is 1. The van der Waals surface area contributed by atoms with Gasteiger partial charge in [-0.3, -0.25) is 10.1 Å². The number of pyridine rings is 2. The van der Waals surface area contributed by atoms with Gasteiger partial charge in [-0.25, -0.2) is 4.98 Å². The summed E-state index contributed by atoms with van der Waals surface area (Å²) in [5.74, 6) is 0.591. The van der Waals surface area contributed by atoms with Crippen molar-refractivity contribution in [2.75, 3.05) is 0 Å². The number of nitrogens with zero attached hydrogens (tertiary/aromatic N) is 3. The van der Waals surface area contributed by atoms with Gasteiger partial charge in [-0.05, 0) is 81.5 Å². The summed E-state index contributed by atoms with van der Waals surface area (Å²) in [7, 11) is 0. The minimum absolute atomic E-state index is 0.591. The van der Waals surface area contributed by atoms with Crippen molar-refractivity contribution in [3.8, 4) is 21.8 Å². The first-order valence-electron chi connectivity index (χ1n) is 14.4. The van der Waals surface area contributed by atoms with Crippen LogP contribution >= 0.6 is 11.3 Å². The molecular formula is C34H36N6S. The third kappa shape index (κ3) is 5.42. The fourth-order valence-electron chi connectivity index (χ4n) is 5.86. The number of nitrogens with one attached hydrogen (secondary N) is 3. The van der Waals surface area contributed by atoms with Gasteiger partial charge >= 0.3 is 0 Å². The summed E-state index contributed by atoms with van der Waals surface area (Å²) in [6.07, 6.45) is 20.6. The summed E-state index contributed by atoms with van der Waals surface area (Å²) in [4.78, 5) is 15.3. The van der Waals surface area contributed by atoms with Crippen LogP contribution < -0.4 is 5.32 Å². The van der Waals surface area contributed by atoms with Crippen LogP contribution in [0.5, 0.6) is 0 Å². The largest absolute Gasteiger partial charge is 0.359 e. The number of aryl methyl sites for hydroxylation is 1. The molecule has 7 heteroatoms. The fourth-order valence-corrected chi connectivity index (χ4v) is 6.75. The van der Waals surface area contributed by atoms with E-state index in [1.807, 2.05) is 24.7 Å². The van der Waals surface area contributed by atoms with Crippen molar-refractivity contribution in [2.45, 2.75) is 52.9 Å². The second-order valence-corrected chi connectivity index (χ2v) is 12.0. The summed E-state index contributed by atoms with van der Waals surface area (Å²) >= 11 is 1.78. The Morgan fingerprint density at radius 1 is 1.05 bits per heavy atom. The number of hydrogen-bond donors (Lipinski definition) is 3. The lowest BCUT2D eigenvalue weighted by Gasteiger charge is -2.26. The average molecular weight is 561 g/mol. The van der Waals surface area contributed by atoms with E-state index in [2.05, 4.69) is 95.3 Å². The lowest BCUT2D eigenvalue weighted by molar-refractivity contribution is 0.391. The van der Waals surface area contributed by atoms with Crippen LogP contribution in [0.4, 0.5) is 0 Å². The summed E-state index contributed by atoms with van der Waals surface area (Å²) in [6.45, 7) is 10.4. The van der Waals surface area contributed by atoms with Crippen molar-refractivity contribution >= 4 is 38.8 Å². The molecule has 0 aliphatic heterocycles. The molecule has 1 saturated carbocycles.